The zero-order valence-electron chi connectivity index (χ0n) is 11.9. The largest absolute Gasteiger partial charge is 0.492 e. The van der Waals surface area contributed by atoms with Crippen LogP contribution in [0.25, 0.3) is 0 Å². The molecule has 1 saturated carbocycles. The van der Waals surface area contributed by atoms with Crippen molar-refractivity contribution in [3.05, 3.63) is 36.0 Å². The molecule has 0 atom stereocenters. The van der Waals surface area contributed by atoms with Crippen LogP contribution < -0.4 is 9.64 Å². The highest BCUT2D eigenvalue weighted by molar-refractivity contribution is 5.57. The SMILES string of the molecule is CCOc1ccccc1N(C)Cc1noc(C2CC2)n1. The molecule has 0 aliphatic heterocycles. The first-order valence-electron chi connectivity index (χ1n) is 7.03. The topological polar surface area (TPSA) is 51.4 Å². The molecule has 106 valence electrons. The summed E-state index contributed by atoms with van der Waals surface area (Å²) in [5, 5.41) is 4.05. The number of ether oxygens (including phenoxy) is 1. The van der Waals surface area contributed by atoms with Crippen LogP contribution in [0.5, 0.6) is 5.75 Å². The fourth-order valence-electron chi connectivity index (χ4n) is 2.18. The number of anilines is 1. The maximum absolute atomic E-state index is 5.64. The van der Waals surface area contributed by atoms with E-state index >= 15 is 0 Å². The van der Waals surface area contributed by atoms with Crippen molar-refractivity contribution in [3.8, 4) is 5.75 Å². The van der Waals surface area contributed by atoms with Gasteiger partial charge in [0.05, 0.1) is 18.8 Å². The molecule has 1 fully saturated rings. The third-order valence-electron chi connectivity index (χ3n) is 3.37. The van der Waals surface area contributed by atoms with Gasteiger partial charge >= 0.3 is 0 Å². The standard InChI is InChI=1S/C15H19N3O2/c1-3-19-13-7-5-4-6-12(13)18(2)10-14-16-15(20-17-14)11-8-9-11/h4-7,11H,3,8-10H2,1-2H3. The molecular formula is C15H19N3O2. The summed E-state index contributed by atoms with van der Waals surface area (Å²) >= 11 is 0. The van der Waals surface area contributed by atoms with Gasteiger partial charge in [0.25, 0.3) is 0 Å². The van der Waals surface area contributed by atoms with Gasteiger partial charge in [-0.3, -0.25) is 0 Å². The quantitative estimate of drug-likeness (QED) is 0.810. The highest BCUT2D eigenvalue weighted by atomic mass is 16.5. The van der Waals surface area contributed by atoms with Gasteiger partial charge in [-0.1, -0.05) is 17.3 Å². The fraction of sp³-hybridized carbons (Fsp3) is 0.467. The average molecular weight is 273 g/mol. The first-order valence-corrected chi connectivity index (χ1v) is 7.03. The van der Waals surface area contributed by atoms with E-state index in [4.69, 9.17) is 9.26 Å². The predicted octanol–water partition coefficient (Wildman–Crippen LogP) is 2.98. The van der Waals surface area contributed by atoms with Crippen molar-refractivity contribution in [2.75, 3.05) is 18.6 Å². The van der Waals surface area contributed by atoms with Crippen molar-refractivity contribution in [3.63, 3.8) is 0 Å². The van der Waals surface area contributed by atoms with Crippen LogP contribution in [-0.4, -0.2) is 23.8 Å². The van der Waals surface area contributed by atoms with Gasteiger partial charge in [0.15, 0.2) is 5.82 Å². The third-order valence-corrected chi connectivity index (χ3v) is 3.37. The second-order valence-electron chi connectivity index (χ2n) is 5.08. The minimum Gasteiger partial charge on any atom is -0.492 e. The summed E-state index contributed by atoms with van der Waals surface area (Å²) < 4.78 is 10.9. The minimum atomic E-state index is 0.497. The first kappa shape index (κ1) is 13.0. The van der Waals surface area contributed by atoms with Crippen molar-refractivity contribution >= 4 is 5.69 Å². The molecule has 1 aliphatic carbocycles. The summed E-state index contributed by atoms with van der Waals surface area (Å²) in [7, 11) is 2.00. The van der Waals surface area contributed by atoms with Gasteiger partial charge in [0, 0.05) is 13.0 Å². The van der Waals surface area contributed by atoms with Crippen LogP contribution in [0.15, 0.2) is 28.8 Å². The lowest BCUT2D eigenvalue weighted by atomic mass is 10.2. The van der Waals surface area contributed by atoms with Crippen molar-refractivity contribution in [1.29, 1.82) is 0 Å². The van der Waals surface area contributed by atoms with Crippen LogP contribution in [0.3, 0.4) is 0 Å². The van der Waals surface area contributed by atoms with Crippen LogP contribution in [0, 0.1) is 0 Å². The molecule has 0 radical (unpaired) electrons. The molecule has 0 saturated heterocycles. The fourth-order valence-corrected chi connectivity index (χ4v) is 2.18. The Balaban J connectivity index is 1.72. The normalized spacial score (nSPS) is 14.3. The third kappa shape index (κ3) is 2.76. The molecule has 0 unspecified atom stereocenters. The van der Waals surface area contributed by atoms with Crippen LogP contribution in [0.4, 0.5) is 5.69 Å². The van der Waals surface area contributed by atoms with Gasteiger partial charge in [0.2, 0.25) is 5.89 Å². The summed E-state index contributed by atoms with van der Waals surface area (Å²) in [6.07, 6.45) is 2.34. The monoisotopic (exact) mass is 273 g/mol. The van der Waals surface area contributed by atoms with Crippen LogP contribution in [0.2, 0.25) is 0 Å². The molecule has 5 heteroatoms. The van der Waals surface area contributed by atoms with Gasteiger partial charge in [-0.25, -0.2) is 0 Å². The molecule has 5 nitrogen and oxygen atoms in total. The second kappa shape index (κ2) is 5.53. The maximum Gasteiger partial charge on any atom is 0.229 e. The molecule has 1 aliphatic rings. The number of hydrogen-bond donors (Lipinski definition) is 0. The summed E-state index contributed by atoms with van der Waals surface area (Å²) in [6, 6.07) is 7.98. The zero-order chi connectivity index (χ0) is 13.9. The predicted molar refractivity (Wildman–Crippen MR) is 76.0 cm³/mol. The summed E-state index contributed by atoms with van der Waals surface area (Å²) in [4.78, 5) is 6.53. The van der Waals surface area contributed by atoms with Crippen LogP contribution in [0.1, 0.15) is 37.4 Å². The number of rotatable bonds is 6. The number of aromatic nitrogens is 2. The van der Waals surface area contributed by atoms with Crippen molar-refractivity contribution < 1.29 is 9.26 Å². The van der Waals surface area contributed by atoms with Gasteiger partial charge < -0.3 is 14.2 Å². The highest BCUT2D eigenvalue weighted by Crippen LogP contribution is 2.39. The van der Waals surface area contributed by atoms with E-state index in [1.54, 1.807) is 0 Å². The Bertz CT molecular complexity index is 578. The number of hydrogen-bond acceptors (Lipinski definition) is 5. The Morgan fingerprint density at radius 2 is 2.15 bits per heavy atom. The summed E-state index contributed by atoms with van der Waals surface area (Å²) in [6.45, 7) is 3.25. The van der Waals surface area contributed by atoms with Gasteiger partial charge in [0.1, 0.15) is 5.75 Å². The Labute approximate surface area is 118 Å². The van der Waals surface area contributed by atoms with E-state index < -0.39 is 0 Å². The van der Waals surface area contributed by atoms with Crippen LogP contribution >= 0.6 is 0 Å². The molecule has 1 aromatic heterocycles. The summed E-state index contributed by atoms with van der Waals surface area (Å²) in [5.41, 5.74) is 1.03. The molecule has 2 aromatic rings. The second-order valence-corrected chi connectivity index (χ2v) is 5.08. The lowest BCUT2D eigenvalue weighted by Gasteiger charge is -2.20. The molecule has 3 rings (SSSR count). The van der Waals surface area contributed by atoms with E-state index in [0.29, 0.717) is 19.1 Å². The Morgan fingerprint density at radius 3 is 2.90 bits per heavy atom. The highest BCUT2D eigenvalue weighted by Gasteiger charge is 2.29. The molecule has 20 heavy (non-hydrogen) atoms. The Morgan fingerprint density at radius 1 is 1.35 bits per heavy atom. The van der Waals surface area contributed by atoms with Crippen molar-refractivity contribution in [2.45, 2.75) is 32.2 Å². The first-order chi connectivity index (χ1) is 9.78. The molecule has 0 N–H and O–H groups in total. The Hall–Kier alpha value is -2.04. The van der Waals surface area contributed by atoms with Crippen molar-refractivity contribution in [1.82, 2.24) is 10.1 Å². The molecule has 1 heterocycles. The molecule has 0 amide bonds. The number of benzene rings is 1. The van der Waals surface area contributed by atoms with Gasteiger partial charge in [-0.2, -0.15) is 4.98 Å². The lowest BCUT2D eigenvalue weighted by molar-refractivity contribution is 0.340. The lowest BCUT2D eigenvalue weighted by Crippen LogP contribution is -2.18. The van der Waals surface area contributed by atoms with E-state index in [9.17, 15) is 0 Å². The molecular weight excluding hydrogens is 254 g/mol. The van der Waals surface area contributed by atoms with Gasteiger partial charge in [-0.15, -0.1) is 0 Å². The van der Waals surface area contributed by atoms with Gasteiger partial charge in [-0.05, 0) is 31.9 Å². The van der Waals surface area contributed by atoms with E-state index in [-0.39, 0.29) is 0 Å². The maximum atomic E-state index is 5.64. The molecule has 0 bridgehead atoms. The van der Waals surface area contributed by atoms with E-state index in [0.717, 1.165) is 23.2 Å². The Kier molecular flexibility index (Phi) is 3.58. The van der Waals surface area contributed by atoms with Crippen LogP contribution in [-0.2, 0) is 6.54 Å². The van der Waals surface area contributed by atoms with E-state index in [1.807, 2.05) is 38.2 Å². The van der Waals surface area contributed by atoms with E-state index in [2.05, 4.69) is 15.0 Å². The minimum absolute atomic E-state index is 0.497. The molecule has 0 spiro atoms. The van der Waals surface area contributed by atoms with Crippen molar-refractivity contribution in [2.24, 2.45) is 0 Å². The smallest absolute Gasteiger partial charge is 0.229 e. The van der Waals surface area contributed by atoms with E-state index in [1.165, 1.54) is 12.8 Å². The number of nitrogens with zero attached hydrogens (tertiary/aromatic N) is 3. The molecule has 1 aromatic carbocycles. The number of para-hydroxylation sites is 2. The average Bonchev–Trinajstić information content (AvgIpc) is 3.20. The summed E-state index contributed by atoms with van der Waals surface area (Å²) in [5.74, 6) is 2.88. The zero-order valence-corrected chi connectivity index (χ0v) is 11.9.